The Balaban J connectivity index is 1.58. The van der Waals surface area contributed by atoms with Gasteiger partial charge in [0.1, 0.15) is 35.0 Å². The Morgan fingerprint density at radius 2 is 1.41 bits per heavy atom. The van der Waals surface area contributed by atoms with Crippen LogP contribution in [-0.4, -0.2) is 14.2 Å². The van der Waals surface area contributed by atoms with Crippen LogP contribution in [0.25, 0.3) is 33.4 Å². The molecule has 5 nitrogen and oxygen atoms in total. The van der Waals surface area contributed by atoms with E-state index >= 15 is 0 Å². The van der Waals surface area contributed by atoms with Crippen LogP contribution in [0.2, 0.25) is 0 Å². The molecule has 0 aliphatic carbocycles. The van der Waals surface area contributed by atoms with Crippen molar-refractivity contribution in [2.75, 3.05) is 14.2 Å². The second-order valence-electron chi connectivity index (χ2n) is 8.68. The molecule has 5 aromatic rings. The minimum absolute atomic E-state index is 0.188. The van der Waals surface area contributed by atoms with Crippen molar-refractivity contribution in [3.63, 3.8) is 0 Å². The minimum atomic E-state index is -0.188. The minimum Gasteiger partial charge on any atom is -0.496 e. The van der Waals surface area contributed by atoms with Crippen molar-refractivity contribution in [3.05, 3.63) is 112 Å². The summed E-state index contributed by atoms with van der Waals surface area (Å²) in [6, 6.07) is 28.9. The zero-order valence-electron chi connectivity index (χ0n) is 21.1. The fraction of sp³-hybridized carbons (Fsp3) is 0.156. The van der Waals surface area contributed by atoms with Crippen molar-refractivity contribution in [2.45, 2.75) is 20.0 Å². The third kappa shape index (κ3) is 4.94. The highest BCUT2D eigenvalue weighted by Gasteiger charge is 2.21. The molecule has 0 spiro atoms. The summed E-state index contributed by atoms with van der Waals surface area (Å²) in [6.45, 7) is 2.59. The van der Waals surface area contributed by atoms with Crippen LogP contribution in [0.15, 0.2) is 100 Å². The average molecular weight is 493 g/mol. The monoisotopic (exact) mass is 492 g/mol. The summed E-state index contributed by atoms with van der Waals surface area (Å²) in [4.78, 5) is 13.4. The van der Waals surface area contributed by atoms with Gasteiger partial charge in [0.05, 0.1) is 19.8 Å². The normalized spacial score (nSPS) is 10.9. The van der Waals surface area contributed by atoms with E-state index in [0.29, 0.717) is 40.4 Å². The van der Waals surface area contributed by atoms with Gasteiger partial charge in [-0.3, -0.25) is 4.79 Å². The highest BCUT2D eigenvalue weighted by atomic mass is 16.5. The molecule has 1 aromatic heterocycles. The Hall–Kier alpha value is -4.51. The quantitative estimate of drug-likeness (QED) is 0.228. The lowest BCUT2D eigenvalue weighted by molar-refractivity contribution is 0.306. The van der Waals surface area contributed by atoms with E-state index in [1.54, 1.807) is 13.2 Å². The van der Waals surface area contributed by atoms with Crippen molar-refractivity contribution in [1.82, 2.24) is 0 Å². The van der Waals surface area contributed by atoms with Gasteiger partial charge in [0.2, 0.25) is 0 Å². The summed E-state index contributed by atoms with van der Waals surface area (Å²) in [6.07, 6.45) is 0.936. The molecule has 37 heavy (non-hydrogen) atoms. The van der Waals surface area contributed by atoms with Gasteiger partial charge in [-0.15, -0.1) is 0 Å². The molecule has 0 atom stereocenters. The van der Waals surface area contributed by atoms with E-state index in [1.807, 2.05) is 66.7 Å². The first-order chi connectivity index (χ1) is 18.1. The topological polar surface area (TPSA) is 57.9 Å². The molecule has 5 rings (SSSR count). The van der Waals surface area contributed by atoms with E-state index in [2.05, 4.69) is 19.1 Å². The fourth-order valence-corrected chi connectivity index (χ4v) is 4.38. The molecule has 0 N–H and O–H groups in total. The molecule has 1 heterocycles. The van der Waals surface area contributed by atoms with Gasteiger partial charge < -0.3 is 18.6 Å². The van der Waals surface area contributed by atoms with Crippen molar-refractivity contribution in [2.24, 2.45) is 0 Å². The lowest BCUT2D eigenvalue weighted by Gasteiger charge is -2.15. The molecule has 0 aliphatic rings. The molecule has 0 radical (unpaired) electrons. The summed E-state index contributed by atoms with van der Waals surface area (Å²) in [5, 5.41) is 0.379. The Morgan fingerprint density at radius 3 is 2.05 bits per heavy atom. The second kappa shape index (κ2) is 10.6. The molecular weight excluding hydrogens is 464 g/mol. The largest absolute Gasteiger partial charge is 0.496 e. The highest BCUT2D eigenvalue weighted by molar-refractivity contribution is 5.99. The number of rotatable bonds is 8. The van der Waals surface area contributed by atoms with Gasteiger partial charge >= 0.3 is 0 Å². The first-order valence-electron chi connectivity index (χ1n) is 12.2. The zero-order valence-corrected chi connectivity index (χ0v) is 21.1. The summed E-state index contributed by atoms with van der Waals surface area (Å²) >= 11 is 0. The highest BCUT2D eigenvalue weighted by Crippen LogP contribution is 2.42. The fourth-order valence-electron chi connectivity index (χ4n) is 4.38. The van der Waals surface area contributed by atoms with Crippen molar-refractivity contribution in [3.8, 4) is 39.7 Å². The van der Waals surface area contributed by atoms with E-state index in [1.165, 1.54) is 18.7 Å². The number of methoxy groups -OCH3 is 2. The molecule has 0 amide bonds. The maximum atomic E-state index is 13.4. The molecule has 0 unspecified atom stereocenters. The average Bonchev–Trinajstić information content (AvgIpc) is 2.96. The van der Waals surface area contributed by atoms with E-state index in [9.17, 15) is 4.79 Å². The molecular formula is C32H28O5. The smallest absolute Gasteiger partial charge is 0.197 e. The second-order valence-corrected chi connectivity index (χ2v) is 8.68. The van der Waals surface area contributed by atoms with Crippen LogP contribution >= 0.6 is 0 Å². The number of fused-ring (bicyclic) bond motifs is 1. The number of benzene rings is 4. The molecule has 0 fully saturated rings. The Kier molecular flexibility index (Phi) is 6.95. The van der Waals surface area contributed by atoms with Crippen LogP contribution in [0.3, 0.4) is 0 Å². The lowest BCUT2D eigenvalue weighted by Crippen LogP contribution is -2.05. The summed E-state index contributed by atoms with van der Waals surface area (Å²) in [5.74, 6) is 2.16. The van der Waals surface area contributed by atoms with Crippen LogP contribution < -0.4 is 19.6 Å². The van der Waals surface area contributed by atoms with Gasteiger partial charge in [0.25, 0.3) is 0 Å². The summed E-state index contributed by atoms with van der Waals surface area (Å²) < 4.78 is 23.6. The van der Waals surface area contributed by atoms with Gasteiger partial charge in [-0.05, 0) is 47.4 Å². The molecule has 0 bridgehead atoms. The van der Waals surface area contributed by atoms with E-state index in [4.69, 9.17) is 18.6 Å². The van der Waals surface area contributed by atoms with Crippen LogP contribution in [-0.2, 0) is 13.0 Å². The lowest BCUT2D eigenvalue weighted by atomic mass is 9.98. The van der Waals surface area contributed by atoms with Crippen molar-refractivity contribution in [1.29, 1.82) is 0 Å². The van der Waals surface area contributed by atoms with Gasteiger partial charge in [0.15, 0.2) is 11.0 Å². The maximum absolute atomic E-state index is 13.4. The Morgan fingerprint density at radius 1 is 0.730 bits per heavy atom. The third-order valence-electron chi connectivity index (χ3n) is 6.41. The number of hydrogen-bond donors (Lipinski definition) is 0. The summed E-state index contributed by atoms with van der Waals surface area (Å²) in [7, 11) is 3.13. The molecule has 0 saturated carbocycles. The third-order valence-corrected chi connectivity index (χ3v) is 6.41. The van der Waals surface area contributed by atoms with Crippen LogP contribution in [0, 0.1) is 0 Å². The first kappa shape index (κ1) is 24.2. The standard InChI is InChI=1S/C32H28O5/c1-4-21-10-12-24(13-11-21)30-28(34-2)19-29(35-3)31-26(33)18-27(37-32(30)31)23-14-16-25(17-15-23)36-20-22-8-6-5-7-9-22/h5-19H,4,20H2,1-3H3. The van der Waals surface area contributed by atoms with E-state index in [0.717, 1.165) is 28.9 Å². The SMILES string of the molecule is CCc1ccc(-c2c(OC)cc(OC)c3c(=O)cc(-c4ccc(OCc5ccccc5)cc4)oc23)cc1. The van der Waals surface area contributed by atoms with Crippen molar-refractivity contribution >= 4 is 11.0 Å². The number of hydrogen-bond acceptors (Lipinski definition) is 5. The molecule has 0 saturated heterocycles. The van der Waals surface area contributed by atoms with E-state index in [-0.39, 0.29) is 5.43 Å². The summed E-state index contributed by atoms with van der Waals surface area (Å²) in [5.41, 5.74) is 4.92. The maximum Gasteiger partial charge on any atom is 0.197 e. The molecule has 186 valence electrons. The van der Waals surface area contributed by atoms with Crippen LogP contribution in [0.5, 0.6) is 17.2 Å². The van der Waals surface area contributed by atoms with Gasteiger partial charge in [-0.2, -0.15) is 0 Å². The zero-order chi connectivity index (χ0) is 25.8. The predicted octanol–water partition coefficient (Wildman–Crippen LogP) is 7.29. The first-order valence-corrected chi connectivity index (χ1v) is 12.2. The van der Waals surface area contributed by atoms with Gasteiger partial charge in [-0.25, -0.2) is 0 Å². The van der Waals surface area contributed by atoms with Gasteiger partial charge in [-0.1, -0.05) is 61.5 Å². The number of aryl methyl sites for hydroxylation is 1. The van der Waals surface area contributed by atoms with Crippen molar-refractivity contribution < 1.29 is 18.6 Å². The van der Waals surface area contributed by atoms with Crippen LogP contribution in [0.4, 0.5) is 0 Å². The van der Waals surface area contributed by atoms with Gasteiger partial charge in [0, 0.05) is 17.7 Å². The Bertz CT molecular complexity index is 1570. The molecule has 0 aliphatic heterocycles. The molecule has 4 aromatic carbocycles. The number of ether oxygens (including phenoxy) is 3. The Labute approximate surface area is 215 Å². The van der Waals surface area contributed by atoms with E-state index < -0.39 is 0 Å². The molecule has 5 heteroatoms. The van der Waals surface area contributed by atoms with Crippen LogP contribution in [0.1, 0.15) is 18.1 Å². The predicted molar refractivity (Wildman–Crippen MR) is 147 cm³/mol.